The lowest BCUT2D eigenvalue weighted by Gasteiger charge is -2.21. The van der Waals surface area contributed by atoms with Crippen molar-refractivity contribution in [2.45, 2.75) is 46.6 Å². The predicted octanol–water partition coefficient (Wildman–Crippen LogP) is 3.47. The van der Waals surface area contributed by atoms with Crippen molar-refractivity contribution in [3.05, 3.63) is 46.5 Å². The van der Waals surface area contributed by atoms with Crippen molar-refractivity contribution in [3.63, 3.8) is 0 Å². The quantitative estimate of drug-likeness (QED) is 0.463. The number of benzene rings is 1. The summed E-state index contributed by atoms with van der Waals surface area (Å²) in [5.74, 6) is 5.69. The van der Waals surface area contributed by atoms with Crippen LogP contribution in [0, 0.1) is 20.8 Å². The highest BCUT2D eigenvalue weighted by atomic mass is 15.2. The van der Waals surface area contributed by atoms with E-state index in [0.717, 1.165) is 12.8 Å². The second-order valence-corrected chi connectivity index (χ2v) is 5.03. The number of rotatable bonds is 5. The average Bonchev–Trinajstić information content (AvgIpc) is 2.21. The van der Waals surface area contributed by atoms with Gasteiger partial charge in [0.25, 0.3) is 0 Å². The summed E-state index contributed by atoms with van der Waals surface area (Å²) in [6.45, 7) is 12.4. The van der Waals surface area contributed by atoms with Gasteiger partial charge in [-0.25, -0.2) is 0 Å². The Hall–Kier alpha value is -1.12. The van der Waals surface area contributed by atoms with Gasteiger partial charge in [0.1, 0.15) is 0 Å². The van der Waals surface area contributed by atoms with Crippen LogP contribution in [0.1, 0.15) is 48.1 Å². The second-order valence-electron chi connectivity index (χ2n) is 5.03. The summed E-state index contributed by atoms with van der Waals surface area (Å²) >= 11 is 0. The van der Waals surface area contributed by atoms with Crippen molar-refractivity contribution in [1.82, 2.24) is 5.43 Å². The van der Waals surface area contributed by atoms with E-state index in [-0.39, 0.29) is 6.04 Å². The smallest absolute Gasteiger partial charge is 0.0468 e. The molecule has 0 radical (unpaired) electrons. The molecule has 0 saturated heterocycles. The first-order valence-corrected chi connectivity index (χ1v) is 6.14. The largest absolute Gasteiger partial charge is 0.271 e. The number of nitrogens with two attached hydrogens (primary N) is 1. The molecule has 1 rings (SSSR count). The maximum absolute atomic E-state index is 5.69. The molecule has 0 fully saturated rings. The van der Waals surface area contributed by atoms with E-state index in [9.17, 15) is 0 Å². The molecular weight excluding hydrogens is 208 g/mol. The van der Waals surface area contributed by atoms with Gasteiger partial charge in [0.15, 0.2) is 0 Å². The fourth-order valence-electron chi connectivity index (χ4n) is 2.44. The molecule has 1 aromatic rings. The van der Waals surface area contributed by atoms with Gasteiger partial charge in [-0.15, -0.1) is 6.58 Å². The van der Waals surface area contributed by atoms with E-state index in [1.165, 1.54) is 27.8 Å². The molecule has 1 unspecified atom stereocenters. The van der Waals surface area contributed by atoms with Gasteiger partial charge in [0.2, 0.25) is 0 Å². The van der Waals surface area contributed by atoms with Gasteiger partial charge in [-0.3, -0.25) is 11.3 Å². The molecule has 0 spiro atoms. The van der Waals surface area contributed by atoms with Crippen molar-refractivity contribution < 1.29 is 0 Å². The number of aryl methyl sites for hydroxylation is 3. The minimum Gasteiger partial charge on any atom is -0.271 e. The highest BCUT2D eigenvalue weighted by Gasteiger charge is 2.14. The predicted molar refractivity (Wildman–Crippen MR) is 74.8 cm³/mol. The molecule has 0 saturated carbocycles. The fraction of sp³-hybridized carbons (Fsp3) is 0.467. The Labute approximate surface area is 105 Å². The number of hydrazine groups is 1. The summed E-state index contributed by atoms with van der Waals surface area (Å²) in [6.07, 6.45) is 2.00. The molecule has 2 nitrogen and oxygen atoms in total. The lowest BCUT2D eigenvalue weighted by molar-refractivity contribution is 0.511. The minimum absolute atomic E-state index is 0.215. The van der Waals surface area contributed by atoms with Crippen LogP contribution in [0.3, 0.4) is 0 Å². The Bertz CT molecular complexity index is 384. The van der Waals surface area contributed by atoms with E-state index in [0.29, 0.717) is 0 Å². The van der Waals surface area contributed by atoms with Crippen LogP contribution < -0.4 is 11.3 Å². The number of allylic oxidation sites excluding steroid dienone is 1. The minimum atomic E-state index is 0.215. The molecule has 0 aliphatic carbocycles. The third-order valence-corrected chi connectivity index (χ3v) is 3.15. The molecule has 0 heterocycles. The third kappa shape index (κ3) is 3.69. The number of hydrogen-bond donors (Lipinski definition) is 2. The standard InChI is InChI=1S/C15H24N2/c1-10(2)6-7-14(17-16)15-12(4)8-11(3)9-13(15)5/h8-9,14,17H,1,6-7,16H2,2-5H3. The highest BCUT2D eigenvalue weighted by Crippen LogP contribution is 2.27. The maximum Gasteiger partial charge on any atom is 0.0468 e. The Morgan fingerprint density at radius 3 is 2.24 bits per heavy atom. The molecule has 17 heavy (non-hydrogen) atoms. The summed E-state index contributed by atoms with van der Waals surface area (Å²) in [5, 5.41) is 0. The summed E-state index contributed by atoms with van der Waals surface area (Å²) in [6, 6.07) is 4.65. The summed E-state index contributed by atoms with van der Waals surface area (Å²) < 4.78 is 0. The molecule has 3 N–H and O–H groups in total. The lowest BCUT2D eigenvalue weighted by atomic mass is 9.91. The van der Waals surface area contributed by atoms with Gasteiger partial charge >= 0.3 is 0 Å². The molecule has 0 amide bonds. The first-order chi connectivity index (χ1) is 7.95. The zero-order valence-electron chi connectivity index (χ0n) is 11.4. The van der Waals surface area contributed by atoms with Crippen LogP contribution in [-0.4, -0.2) is 0 Å². The van der Waals surface area contributed by atoms with E-state index in [4.69, 9.17) is 5.84 Å². The number of hydrogen-bond acceptors (Lipinski definition) is 2. The van der Waals surface area contributed by atoms with Crippen LogP contribution in [0.5, 0.6) is 0 Å². The van der Waals surface area contributed by atoms with Crippen LogP contribution in [0.25, 0.3) is 0 Å². The van der Waals surface area contributed by atoms with Gasteiger partial charge in [0.05, 0.1) is 0 Å². The van der Waals surface area contributed by atoms with E-state index in [1.54, 1.807) is 0 Å². The van der Waals surface area contributed by atoms with Crippen molar-refractivity contribution in [2.24, 2.45) is 5.84 Å². The Kier molecular flexibility index (Phi) is 4.91. The van der Waals surface area contributed by atoms with Crippen molar-refractivity contribution in [1.29, 1.82) is 0 Å². The van der Waals surface area contributed by atoms with E-state index in [2.05, 4.69) is 51.8 Å². The van der Waals surface area contributed by atoms with Crippen molar-refractivity contribution in [3.8, 4) is 0 Å². The summed E-state index contributed by atoms with van der Waals surface area (Å²) in [5.41, 5.74) is 9.40. The monoisotopic (exact) mass is 232 g/mol. The first kappa shape index (κ1) is 13.9. The zero-order valence-corrected chi connectivity index (χ0v) is 11.4. The molecule has 0 aliphatic rings. The van der Waals surface area contributed by atoms with E-state index < -0.39 is 0 Å². The highest BCUT2D eigenvalue weighted by molar-refractivity contribution is 5.39. The summed E-state index contributed by atoms with van der Waals surface area (Å²) in [7, 11) is 0. The normalized spacial score (nSPS) is 12.5. The zero-order chi connectivity index (χ0) is 13.0. The van der Waals surface area contributed by atoms with Crippen LogP contribution in [-0.2, 0) is 0 Å². The Morgan fingerprint density at radius 2 is 1.82 bits per heavy atom. The fourth-order valence-corrected chi connectivity index (χ4v) is 2.44. The molecular formula is C15H24N2. The van der Waals surface area contributed by atoms with Crippen LogP contribution >= 0.6 is 0 Å². The molecule has 1 aromatic carbocycles. The first-order valence-electron chi connectivity index (χ1n) is 6.14. The second kappa shape index (κ2) is 5.99. The topological polar surface area (TPSA) is 38.0 Å². The van der Waals surface area contributed by atoms with Crippen molar-refractivity contribution >= 4 is 0 Å². The van der Waals surface area contributed by atoms with Crippen LogP contribution in [0.2, 0.25) is 0 Å². The van der Waals surface area contributed by atoms with Gasteiger partial charge in [-0.1, -0.05) is 23.3 Å². The lowest BCUT2D eigenvalue weighted by Crippen LogP contribution is -2.29. The van der Waals surface area contributed by atoms with Crippen LogP contribution in [0.15, 0.2) is 24.3 Å². The maximum atomic E-state index is 5.69. The molecule has 94 valence electrons. The summed E-state index contributed by atoms with van der Waals surface area (Å²) in [4.78, 5) is 0. The van der Waals surface area contributed by atoms with Gasteiger partial charge < -0.3 is 0 Å². The Balaban J connectivity index is 2.99. The average molecular weight is 232 g/mol. The SMILES string of the molecule is C=C(C)CCC(NN)c1c(C)cc(C)cc1C. The number of nitrogens with one attached hydrogen (secondary N) is 1. The molecule has 0 aliphatic heterocycles. The molecule has 1 atom stereocenters. The van der Waals surface area contributed by atoms with Gasteiger partial charge in [-0.05, 0) is 57.2 Å². The third-order valence-electron chi connectivity index (χ3n) is 3.15. The van der Waals surface area contributed by atoms with Gasteiger partial charge in [-0.2, -0.15) is 0 Å². The van der Waals surface area contributed by atoms with Crippen molar-refractivity contribution in [2.75, 3.05) is 0 Å². The molecule has 0 aromatic heterocycles. The van der Waals surface area contributed by atoms with E-state index >= 15 is 0 Å². The van der Waals surface area contributed by atoms with E-state index in [1.807, 2.05) is 0 Å². The van der Waals surface area contributed by atoms with Gasteiger partial charge in [0, 0.05) is 6.04 Å². The molecule has 2 heteroatoms. The Morgan fingerprint density at radius 1 is 1.29 bits per heavy atom. The molecule has 0 bridgehead atoms. The van der Waals surface area contributed by atoms with Crippen LogP contribution in [0.4, 0.5) is 0 Å².